The first-order valence-corrected chi connectivity index (χ1v) is 7.48. The molecule has 1 aliphatic carbocycles. The first kappa shape index (κ1) is 14.8. The van der Waals surface area contributed by atoms with E-state index in [9.17, 15) is 10.1 Å². The summed E-state index contributed by atoms with van der Waals surface area (Å²) in [6.07, 6.45) is 5.71. The molecular weight excluding hydrogens is 256 g/mol. The predicted octanol–water partition coefficient (Wildman–Crippen LogP) is 3.50. The lowest BCUT2D eigenvalue weighted by atomic mass is 10.0. The quantitative estimate of drug-likeness (QED) is 0.584. The summed E-state index contributed by atoms with van der Waals surface area (Å²) in [6.45, 7) is 7.46. The zero-order valence-electron chi connectivity index (χ0n) is 12.6. The minimum absolute atomic E-state index is 0.130. The van der Waals surface area contributed by atoms with Gasteiger partial charge in [-0.1, -0.05) is 20.3 Å². The molecule has 6 nitrogen and oxygen atoms in total. The molecule has 0 amide bonds. The fourth-order valence-corrected chi connectivity index (χ4v) is 2.83. The van der Waals surface area contributed by atoms with Gasteiger partial charge in [-0.2, -0.15) is 5.10 Å². The van der Waals surface area contributed by atoms with Crippen LogP contribution in [0.3, 0.4) is 0 Å². The Morgan fingerprint density at radius 1 is 1.40 bits per heavy atom. The van der Waals surface area contributed by atoms with Crippen molar-refractivity contribution in [3.63, 3.8) is 0 Å². The van der Waals surface area contributed by atoms with E-state index in [0.717, 1.165) is 19.4 Å². The van der Waals surface area contributed by atoms with Gasteiger partial charge in [-0.25, -0.2) is 4.68 Å². The number of aromatic nitrogens is 2. The van der Waals surface area contributed by atoms with Crippen molar-refractivity contribution in [3.8, 4) is 0 Å². The second-order valence-corrected chi connectivity index (χ2v) is 5.87. The van der Waals surface area contributed by atoms with Crippen LogP contribution in [0, 0.1) is 22.5 Å². The molecule has 2 rings (SSSR count). The van der Waals surface area contributed by atoms with E-state index in [-0.39, 0.29) is 10.6 Å². The smallest absolute Gasteiger partial charge is 0.333 e. The van der Waals surface area contributed by atoms with Gasteiger partial charge in [0, 0.05) is 13.1 Å². The van der Waals surface area contributed by atoms with Crippen LogP contribution in [0.1, 0.15) is 51.6 Å². The Morgan fingerprint density at radius 3 is 2.60 bits per heavy atom. The van der Waals surface area contributed by atoms with Gasteiger partial charge in [0.25, 0.3) is 0 Å². The maximum Gasteiger partial charge on any atom is 0.333 e. The van der Waals surface area contributed by atoms with Crippen LogP contribution in [0.4, 0.5) is 11.5 Å². The predicted molar refractivity (Wildman–Crippen MR) is 79.0 cm³/mol. The summed E-state index contributed by atoms with van der Waals surface area (Å²) in [5.74, 6) is 0.580. The lowest BCUT2D eigenvalue weighted by Gasteiger charge is -2.16. The first-order chi connectivity index (χ1) is 9.53. The maximum absolute atomic E-state index is 11.2. The summed E-state index contributed by atoms with van der Waals surface area (Å²) in [5, 5.41) is 18.9. The highest BCUT2D eigenvalue weighted by Crippen LogP contribution is 2.49. The number of rotatable bonds is 8. The Kier molecular flexibility index (Phi) is 4.30. The Hall–Kier alpha value is -1.59. The van der Waals surface area contributed by atoms with Gasteiger partial charge in [-0.05, 0) is 38.0 Å². The van der Waals surface area contributed by atoms with E-state index in [0.29, 0.717) is 23.5 Å². The van der Waals surface area contributed by atoms with Crippen molar-refractivity contribution in [2.24, 2.45) is 5.41 Å². The third-order valence-corrected chi connectivity index (χ3v) is 4.08. The average Bonchev–Trinajstić information content (AvgIpc) is 3.06. The normalized spacial score (nSPS) is 16.1. The molecule has 0 aromatic carbocycles. The van der Waals surface area contributed by atoms with Gasteiger partial charge >= 0.3 is 5.69 Å². The number of hydrogen-bond acceptors (Lipinski definition) is 4. The molecule has 1 heterocycles. The molecule has 0 saturated heterocycles. The summed E-state index contributed by atoms with van der Waals surface area (Å²) in [5.41, 5.74) is 0.981. The lowest BCUT2D eigenvalue weighted by Crippen LogP contribution is -2.18. The Balaban J connectivity index is 2.18. The molecule has 1 aromatic heterocycles. The molecule has 1 N–H and O–H groups in total. The Labute approximate surface area is 119 Å². The average molecular weight is 280 g/mol. The third-order valence-electron chi connectivity index (χ3n) is 4.08. The van der Waals surface area contributed by atoms with E-state index in [2.05, 4.69) is 17.3 Å². The molecule has 112 valence electrons. The van der Waals surface area contributed by atoms with Crippen LogP contribution in [0.5, 0.6) is 0 Å². The van der Waals surface area contributed by atoms with Gasteiger partial charge in [0.2, 0.25) is 5.82 Å². The second-order valence-electron chi connectivity index (χ2n) is 5.87. The molecule has 1 fully saturated rings. The molecule has 0 spiro atoms. The topological polar surface area (TPSA) is 73.0 Å². The van der Waals surface area contributed by atoms with Crippen LogP contribution in [-0.2, 0) is 6.54 Å². The van der Waals surface area contributed by atoms with E-state index in [1.54, 1.807) is 11.6 Å². The van der Waals surface area contributed by atoms with E-state index < -0.39 is 0 Å². The van der Waals surface area contributed by atoms with Crippen LogP contribution in [0.25, 0.3) is 0 Å². The van der Waals surface area contributed by atoms with Crippen LogP contribution >= 0.6 is 0 Å². The van der Waals surface area contributed by atoms with Gasteiger partial charge in [0.1, 0.15) is 5.69 Å². The van der Waals surface area contributed by atoms with E-state index >= 15 is 0 Å². The van der Waals surface area contributed by atoms with E-state index in [1.807, 2.05) is 6.92 Å². The van der Waals surface area contributed by atoms with Gasteiger partial charge in [-0.3, -0.25) is 10.1 Å². The first-order valence-electron chi connectivity index (χ1n) is 7.48. The fourth-order valence-electron chi connectivity index (χ4n) is 2.83. The van der Waals surface area contributed by atoms with Crippen molar-refractivity contribution in [1.29, 1.82) is 0 Å². The molecule has 0 aliphatic heterocycles. The largest absolute Gasteiger partial charge is 0.364 e. The number of nitrogens with one attached hydrogen (secondary N) is 1. The summed E-state index contributed by atoms with van der Waals surface area (Å²) in [7, 11) is 0. The molecule has 20 heavy (non-hydrogen) atoms. The molecule has 0 unspecified atom stereocenters. The number of anilines is 1. The minimum Gasteiger partial charge on any atom is -0.364 e. The molecular formula is C14H24N4O2. The summed E-state index contributed by atoms with van der Waals surface area (Å²) in [4.78, 5) is 10.9. The van der Waals surface area contributed by atoms with Crippen LogP contribution in [0.15, 0.2) is 0 Å². The second kappa shape index (κ2) is 5.81. The monoisotopic (exact) mass is 280 g/mol. The molecule has 1 aliphatic rings. The molecule has 6 heteroatoms. The SMILES string of the molecule is CCCn1nc(C)c([N+](=O)[O-])c1NCC1(CCC)CC1. The number of hydrogen-bond donors (Lipinski definition) is 1. The van der Waals surface area contributed by atoms with Crippen molar-refractivity contribution in [2.45, 2.75) is 59.4 Å². The van der Waals surface area contributed by atoms with Crippen molar-refractivity contribution in [2.75, 3.05) is 11.9 Å². The Bertz CT molecular complexity index is 492. The van der Waals surface area contributed by atoms with Crippen LogP contribution in [0.2, 0.25) is 0 Å². The van der Waals surface area contributed by atoms with E-state index in [1.165, 1.54) is 19.3 Å². The zero-order chi connectivity index (χ0) is 14.8. The lowest BCUT2D eigenvalue weighted by molar-refractivity contribution is -0.384. The number of nitrogens with zero attached hydrogens (tertiary/aromatic N) is 3. The highest BCUT2D eigenvalue weighted by Gasteiger charge is 2.42. The molecule has 1 saturated carbocycles. The summed E-state index contributed by atoms with van der Waals surface area (Å²) < 4.78 is 1.75. The number of aryl methyl sites for hydroxylation is 2. The van der Waals surface area contributed by atoms with Gasteiger partial charge in [0.15, 0.2) is 0 Å². The maximum atomic E-state index is 11.2. The van der Waals surface area contributed by atoms with Crippen molar-refractivity contribution < 1.29 is 4.92 Å². The van der Waals surface area contributed by atoms with Crippen LogP contribution < -0.4 is 5.32 Å². The minimum atomic E-state index is -0.323. The third kappa shape index (κ3) is 2.94. The highest BCUT2D eigenvalue weighted by molar-refractivity contribution is 5.59. The summed E-state index contributed by atoms with van der Waals surface area (Å²) in [6, 6.07) is 0. The zero-order valence-corrected chi connectivity index (χ0v) is 12.6. The van der Waals surface area contributed by atoms with Gasteiger partial charge < -0.3 is 5.32 Å². The Morgan fingerprint density at radius 2 is 2.10 bits per heavy atom. The fraction of sp³-hybridized carbons (Fsp3) is 0.786. The van der Waals surface area contributed by atoms with Crippen molar-refractivity contribution in [1.82, 2.24) is 9.78 Å². The van der Waals surface area contributed by atoms with Crippen molar-refractivity contribution >= 4 is 11.5 Å². The summed E-state index contributed by atoms with van der Waals surface area (Å²) >= 11 is 0. The van der Waals surface area contributed by atoms with Crippen molar-refractivity contribution in [3.05, 3.63) is 15.8 Å². The van der Waals surface area contributed by atoms with Crippen LogP contribution in [-0.4, -0.2) is 21.2 Å². The standard InChI is InChI=1S/C14H24N4O2/c1-4-6-14(7-8-14)10-15-13-12(18(19)20)11(3)16-17(13)9-5-2/h15H,4-10H2,1-3H3. The van der Waals surface area contributed by atoms with Gasteiger partial charge in [-0.15, -0.1) is 0 Å². The van der Waals surface area contributed by atoms with E-state index in [4.69, 9.17) is 0 Å². The molecule has 1 aromatic rings. The molecule has 0 bridgehead atoms. The molecule has 0 radical (unpaired) electrons. The number of nitro groups is 1. The molecule has 0 atom stereocenters. The van der Waals surface area contributed by atoms with Gasteiger partial charge in [0.05, 0.1) is 4.92 Å². The highest BCUT2D eigenvalue weighted by atomic mass is 16.6.